The minimum Gasteiger partial charge on any atom is -0.618 e. The molecule has 0 radical (unpaired) electrons. The summed E-state index contributed by atoms with van der Waals surface area (Å²) >= 11 is 11.7. The van der Waals surface area contributed by atoms with Crippen LogP contribution in [0.2, 0.25) is 10.0 Å². The number of halogens is 2. The van der Waals surface area contributed by atoms with E-state index in [-0.39, 0.29) is 5.69 Å². The third-order valence-electron chi connectivity index (χ3n) is 2.57. The van der Waals surface area contributed by atoms with Gasteiger partial charge in [-0.1, -0.05) is 23.2 Å². The summed E-state index contributed by atoms with van der Waals surface area (Å²) in [5.74, 6) is -1.51. The van der Waals surface area contributed by atoms with Crippen molar-refractivity contribution < 1.29 is 19.1 Å². The number of nitrogens with zero attached hydrogens (tertiary/aromatic N) is 1. The monoisotopic (exact) mass is 340 g/mol. The molecule has 0 saturated heterocycles. The molecule has 1 heterocycles. The molecule has 1 N–H and O–H groups in total. The Hall–Kier alpha value is -2.31. The van der Waals surface area contributed by atoms with E-state index in [1.807, 2.05) is 0 Å². The van der Waals surface area contributed by atoms with Gasteiger partial charge in [0.15, 0.2) is 12.8 Å². The van der Waals surface area contributed by atoms with Crippen LogP contribution in [-0.2, 0) is 9.53 Å². The number of nitrogens with one attached hydrogen (secondary N) is 1. The lowest BCUT2D eigenvalue weighted by Gasteiger charge is -2.08. The zero-order valence-corrected chi connectivity index (χ0v) is 12.6. The minimum absolute atomic E-state index is 0.212. The summed E-state index contributed by atoms with van der Waals surface area (Å²) in [6.07, 6.45) is 1.16. The van der Waals surface area contributed by atoms with Crippen LogP contribution >= 0.6 is 23.2 Å². The van der Waals surface area contributed by atoms with Crippen molar-refractivity contribution in [1.29, 1.82) is 0 Å². The Balaban J connectivity index is 1.94. The molecule has 0 fully saturated rings. The van der Waals surface area contributed by atoms with Crippen LogP contribution in [0.5, 0.6) is 0 Å². The van der Waals surface area contributed by atoms with Gasteiger partial charge in [0.1, 0.15) is 0 Å². The van der Waals surface area contributed by atoms with E-state index in [0.29, 0.717) is 20.5 Å². The SMILES string of the molecule is O=C(COC(=O)c1cccc[n+]1[O-])Nc1cc(Cl)ccc1Cl. The van der Waals surface area contributed by atoms with Crippen LogP contribution in [0.25, 0.3) is 0 Å². The van der Waals surface area contributed by atoms with Crippen LogP contribution in [0.1, 0.15) is 10.5 Å². The van der Waals surface area contributed by atoms with Gasteiger partial charge in [0.25, 0.3) is 5.91 Å². The number of amides is 1. The second kappa shape index (κ2) is 7.11. The highest BCUT2D eigenvalue weighted by Gasteiger charge is 2.18. The van der Waals surface area contributed by atoms with E-state index in [1.165, 1.54) is 30.3 Å². The van der Waals surface area contributed by atoms with Crippen LogP contribution in [0.3, 0.4) is 0 Å². The maximum absolute atomic E-state index is 11.7. The number of pyridine rings is 1. The molecule has 1 aromatic carbocycles. The highest BCUT2D eigenvalue weighted by atomic mass is 35.5. The molecule has 6 nitrogen and oxygen atoms in total. The molecule has 2 aromatic rings. The molecule has 0 aliphatic carbocycles. The largest absolute Gasteiger partial charge is 0.618 e. The van der Waals surface area contributed by atoms with Gasteiger partial charge in [-0.05, 0) is 24.3 Å². The van der Waals surface area contributed by atoms with Gasteiger partial charge in [-0.3, -0.25) is 4.79 Å². The molecule has 114 valence electrons. The average Bonchev–Trinajstić information content (AvgIpc) is 2.49. The Bertz CT molecular complexity index is 722. The topological polar surface area (TPSA) is 82.3 Å². The lowest BCUT2D eigenvalue weighted by atomic mass is 10.3. The van der Waals surface area contributed by atoms with E-state index in [9.17, 15) is 14.8 Å². The Kier molecular flexibility index (Phi) is 5.19. The zero-order chi connectivity index (χ0) is 16.1. The first-order chi connectivity index (χ1) is 10.5. The molecular weight excluding hydrogens is 331 g/mol. The van der Waals surface area contributed by atoms with Gasteiger partial charge in [-0.15, -0.1) is 0 Å². The summed E-state index contributed by atoms with van der Waals surface area (Å²) in [4.78, 5) is 23.4. The molecule has 0 bridgehead atoms. The van der Waals surface area contributed by atoms with Gasteiger partial charge in [0.2, 0.25) is 0 Å². The fourth-order valence-corrected chi connectivity index (χ4v) is 1.91. The van der Waals surface area contributed by atoms with E-state index < -0.39 is 18.5 Å². The number of hydrogen-bond donors (Lipinski definition) is 1. The third kappa shape index (κ3) is 4.09. The molecule has 0 aliphatic rings. The molecule has 8 heteroatoms. The number of carbonyl (C=O) groups excluding carboxylic acids is 2. The number of aromatic nitrogens is 1. The fourth-order valence-electron chi connectivity index (χ4n) is 1.57. The van der Waals surface area contributed by atoms with E-state index in [0.717, 1.165) is 6.20 Å². The summed E-state index contributed by atoms with van der Waals surface area (Å²) in [7, 11) is 0. The highest BCUT2D eigenvalue weighted by molar-refractivity contribution is 6.35. The van der Waals surface area contributed by atoms with Crippen LogP contribution in [0, 0.1) is 5.21 Å². The first-order valence-corrected chi connectivity index (χ1v) is 6.83. The lowest BCUT2D eigenvalue weighted by Crippen LogP contribution is -2.35. The quantitative estimate of drug-likeness (QED) is 0.526. The third-order valence-corrected chi connectivity index (χ3v) is 3.13. The molecule has 0 spiro atoms. The molecule has 22 heavy (non-hydrogen) atoms. The standard InChI is InChI=1S/C14H10Cl2N2O4/c15-9-4-5-10(16)11(7-9)17-13(19)8-22-14(20)12-3-1-2-6-18(12)21/h1-7H,8H2,(H,17,19). The van der Waals surface area contributed by atoms with Crippen LogP contribution in [0.15, 0.2) is 42.6 Å². The number of carbonyl (C=O) groups is 2. The van der Waals surface area contributed by atoms with Gasteiger partial charge in [-0.2, -0.15) is 4.73 Å². The van der Waals surface area contributed by atoms with E-state index in [4.69, 9.17) is 27.9 Å². The van der Waals surface area contributed by atoms with E-state index in [1.54, 1.807) is 6.07 Å². The average molecular weight is 341 g/mol. The molecule has 1 amide bonds. The molecule has 0 unspecified atom stereocenters. The van der Waals surface area contributed by atoms with Crippen LogP contribution in [0.4, 0.5) is 5.69 Å². The van der Waals surface area contributed by atoms with Crippen molar-refractivity contribution >= 4 is 40.8 Å². The number of ether oxygens (including phenoxy) is 1. The molecule has 1 aromatic heterocycles. The normalized spacial score (nSPS) is 10.1. The van der Waals surface area contributed by atoms with Gasteiger partial charge < -0.3 is 15.3 Å². The predicted molar refractivity (Wildman–Crippen MR) is 80.8 cm³/mol. The molecular formula is C14H10Cl2N2O4. The number of esters is 1. The Morgan fingerprint density at radius 2 is 2.00 bits per heavy atom. The summed E-state index contributed by atoms with van der Waals surface area (Å²) in [6.45, 7) is -0.559. The van der Waals surface area contributed by atoms with Gasteiger partial charge in [0, 0.05) is 17.2 Å². The molecule has 0 saturated carbocycles. The van der Waals surface area contributed by atoms with Crippen molar-refractivity contribution in [3.8, 4) is 0 Å². The summed E-state index contributed by atoms with van der Waals surface area (Å²) in [6, 6.07) is 8.83. The Labute approximate surface area is 135 Å². The Morgan fingerprint density at radius 3 is 2.73 bits per heavy atom. The maximum atomic E-state index is 11.7. The van der Waals surface area contributed by atoms with Crippen LogP contribution in [-0.4, -0.2) is 18.5 Å². The van der Waals surface area contributed by atoms with E-state index in [2.05, 4.69) is 5.32 Å². The first-order valence-electron chi connectivity index (χ1n) is 6.07. The smallest absolute Gasteiger partial charge is 0.405 e. The van der Waals surface area contributed by atoms with E-state index >= 15 is 0 Å². The molecule has 0 aliphatic heterocycles. The van der Waals surface area contributed by atoms with Crippen molar-refractivity contribution in [3.63, 3.8) is 0 Å². The highest BCUT2D eigenvalue weighted by Crippen LogP contribution is 2.25. The Morgan fingerprint density at radius 1 is 1.23 bits per heavy atom. The second-order valence-corrected chi connectivity index (χ2v) is 5.00. The molecule has 0 atom stereocenters. The van der Waals surface area contributed by atoms with Crippen molar-refractivity contribution in [2.24, 2.45) is 0 Å². The summed E-state index contributed by atoms with van der Waals surface area (Å²) in [5.41, 5.74) is 0.0879. The van der Waals surface area contributed by atoms with Gasteiger partial charge >= 0.3 is 11.7 Å². The van der Waals surface area contributed by atoms with Crippen molar-refractivity contribution in [3.05, 3.63) is 63.5 Å². The first kappa shape index (κ1) is 16.1. The second-order valence-electron chi connectivity index (χ2n) is 4.16. The van der Waals surface area contributed by atoms with Crippen LogP contribution < -0.4 is 10.0 Å². The number of rotatable bonds is 4. The zero-order valence-electron chi connectivity index (χ0n) is 11.1. The van der Waals surface area contributed by atoms with Crippen molar-refractivity contribution in [2.45, 2.75) is 0 Å². The van der Waals surface area contributed by atoms with Gasteiger partial charge in [-0.25, -0.2) is 4.79 Å². The van der Waals surface area contributed by atoms with Crippen molar-refractivity contribution in [1.82, 2.24) is 0 Å². The van der Waals surface area contributed by atoms with Crippen molar-refractivity contribution in [2.75, 3.05) is 11.9 Å². The fraction of sp³-hybridized carbons (Fsp3) is 0.0714. The number of anilines is 1. The number of hydrogen-bond acceptors (Lipinski definition) is 4. The lowest BCUT2D eigenvalue weighted by molar-refractivity contribution is -0.608. The number of benzene rings is 1. The predicted octanol–water partition coefficient (Wildman–Crippen LogP) is 2.42. The maximum Gasteiger partial charge on any atom is 0.405 e. The summed E-state index contributed by atoms with van der Waals surface area (Å²) in [5, 5.41) is 14.5. The summed E-state index contributed by atoms with van der Waals surface area (Å²) < 4.78 is 5.12. The van der Waals surface area contributed by atoms with Gasteiger partial charge in [0.05, 0.1) is 10.7 Å². The molecule has 2 rings (SSSR count). The minimum atomic E-state index is -0.900.